The summed E-state index contributed by atoms with van der Waals surface area (Å²) in [4.78, 5) is 24.2. The van der Waals surface area contributed by atoms with Gasteiger partial charge in [-0.3, -0.25) is 9.59 Å². The second kappa shape index (κ2) is 9.06. The highest BCUT2D eigenvalue weighted by molar-refractivity contribution is 6.35. The van der Waals surface area contributed by atoms with Crippen molar-refractivity contribution in [1.82, 2.24) is 5.32 Å². The summed E-state index contributed by atoms with van der Waals surface area (Å²) in [6, 6.07) is 11.7. The third-order valence-corrected chi connectivity index (χ3v) is 3.78. The van der Waals surface area contributed by atoms with Crippen LogP contribution in [0.2, 0.25) is 10.0 Å². The molecule has 0 aliphatic heterocycles. The van der Waals surface area contributed by atoms with E-state index in [1.165, 1.54) is 6.08 Å². The highest BCUT2D eigenvalue weighted by atomic mass is 35.5. The maximum Gasteiger partial charge on any atom is 0.253 e. The van der Waals surface area contributed by atoms with Gasteiger partial charge in [-0.05, 0) is 35.9 Å². The number of carbonyl (C=O) groups excluding carboxylic acids is 2. The molecule has 25 heavy (non-hydrogen) atoms. The van der Waals surface area contributed by atoms with Crippen molar-refractivity contribution in [1.29, 1.82) is 0 Å². The molecule has 0 unspecified atom stereocenters. The van der Waals surface area contributed by atoms with Gasteiger partial charge in [-0.1, -0.05) is 47.5 Å². The zero-order chi connectivity index (χ0) is 18.2. The molecule has 0 spiro atoms. The normalized spacial score (nSPS) is 10.5. The molecule has 0 radical (unpaired) electrons. The van der Waals surface area contributed by atoms with Gasteiger partial charge < -0.3 is 10.6 Å². The Kier molecular flexibility index (Phi) is 6.81. The van der Waals surface area contributed by atoms with E-state index >= 15 is 0 Å². The second-order valence-electron chi connectivity index (χ2n) is 5.03. The molecule has 0 aromatic heterocycles. The number of nitrogens with one attached hydrogen (secondary N) is 2. The van der Waals surface area contributed by atoms with E-state index in [-0.39, 0.29) is 11.8 Å². The van der Waals surface area contributed by atoms with E-state index < -0.39 is 0 Å². The molecule has 0 saturated carbocycles. The highest BCUT2D eigenvalue weighted by Gasteiger charge is 2.11. The standard InChI is InChI=1S/C19H16Cl2N2O2/c1-2-11-22-19(25)15-5-3-4-6-17(15)23-18(24)10-8-13-7-9-14(20)12-16(13)21/h2-10,12H,1,11H2,(H,22,25)(H,23,24)/b10-8+. The van der Waals surface area contributed by atoms with Crippen LogP contribution < -0.4 is 10.6 Å². The topological polar surface area (TPSA) is 58.2 Å². The van der Waals surface area contributed by atoms with Crippen LogP contribution in [0.3, 0.4) is 0 Å². The van der Waals surface area contributed by atoms with Crippen molar-refractivity contribution in [3.63, 3.8) is 0 Å². The van der Waals surface area contributed by atoms with Crippen molar-refractivity contribution in [2.75, 3.05) is 11.9 Å². The summed E-state index contributed by atoms with van der Waals surface area (Å²) < 4.78 is 0. The Balaban J connectivity index is 2.11. The molecule has 2 aromatic carbocycles. The quantitative estimate of drug-likeness (QED) is 0.574. The van der Waals surface area contributed by atoms with E-state index in [1.54, 1.807) is 54.6 Å². The molecule has 0 fully saturated rings. The minimum Gasteiger partial charge on any atom is -0.349 e. The van der Waals surface area contributed by atoms with Gasteiger partial charge in [0.15, 0.2) is 0 Å². The fourth-order valence-corrected chi connectivity index (χ4v) is 2.50. The fraction of sp³-hybridized carbons (Fsp3) is 0.0526. The van der Waals surface area contributed by atoms with Crippen LogP contribution in [-0.2, 0) is 4.79 Å². The van der Waals surface area contributed by atoms with Gasteiger partial charge in [0.25, 0.3) is 5.91 Å². The zero-order valence-electron chi connectivity index (χ0n) is 13.3. The molecule has 0 aliphatic carbocycles. The van der Waals surface area contributed by atoms with Gasteiger partial charge in [-0.2, -0.15) is 0 Å². The number of para-hydroxylation sites is 1. The maximum atomic E-state index is 12.1. The van der Waals surface area contributed by atoms with Gasteiger partial charge >= 0.3 is 0 Å². The van der Waals surface area contributed by atoms with Crippen molar-refractivity contribution in [3.05, 3.63) is 82.4 Å². The van der Waals surface area contributed by atoms with Crippen molar-refractivity contribution in [3.8, 4) is 0 Å². The lowest BCUT2D eigenvalue weighted by Crippen LogP contribution is -2.24. The Morgan fingerprint density at radius 2 is 1.88 bits per heavy atom. The fourth-order valence-electron chi connectivity index (χ4n) is 2.03. The number of carbonyl (C=O) groups is 2. The lowest BCUT2D eigenvalue weighted by atomic mass is 10.1. The van der Waals surface area contributed by atoms with E-state index in [4.69, 9.17) is 23.2 Å². The molecular weight excluding hydrogens is 359 g/mol. The molecule has 4 nitrogen and oxygen atoms in total. The van der Waals surface area contributed by atoms with Crippen LogP contribution in [0.15, 0.2) is 61.2 Å². The summed E-state index contributed by atoms with van der Waals surface area (Å²) in [6.07, 6.45) is 4.50. The number of hydrogen-bond acceptors (Lipinski definition) is 2. The van der Waals surface area contributed by atoms with Gasteiger partial charge in [-0.25, -0.2) is 0 Å². The summed E-state index contributed by atoms with van der Waals surface area (Å²) in [7, 11) is 0. The molecular formula is C19H16Cl2N2O2. The third-order valence-electron chi connectivity index (χ3n) is 3.21. The smallest absolute Gasteiger partial charge is 0.253 e. The molecule has 128 valence electrons. The van der Waals surface area contributed by atoms with Gasteiger partial charge in [-0.15, -0.1) is 6.58 Å². The van der Waals surface area contributed by atoms with Crippen molar-refractivity contribution in [2.24, 2.45) is 0 Å². The molecule has 0 bridgehead atoms. The van der Waals surface area contributed by atoms with Crippen molar-refractivity contribution >= 4 is 46.8 Å². The first kappa shape index (κ1) is 18.8. The van der Waals surface area contributed by atoms with Crippen molar-refractivity contribution in [2.45, 2.75) is 0 Å². The zero-order valence-corrected chi connectivity index (χ0v) is 14.8. The minimum absolute atomic E-state index is 0.291. The lowest BCUT2D eigenvalue weighted by molar-refractivity contribution is -0.111. The number of amides is 2. The van der Waals surface area contributed by atoms with Gasteiger partial charge in [0.2, 0.25) is 5.91 Å². The number of benzene rings is 2. The first-order chi connectivity index (χ1) is 12.0. The van der Waals surface area contributed by atoms with Gasteiger partial charge in [0.05, 0.1) is 11.3 Å². The Hall–Kier alpha value is -2.56. The first-order valence-electron chi connectivity index (χ1n) is 7.43. The van der Waals surface area contributed by atoms with Crippen LogP contribution in [-0.4, -0.2) is 18.4 Å². The molecule has 2 aromatic rings. The van der Waals surface area contributed by atoms with Gasteiger partial charge in [0, 0.05) is 22.7 Å². The van der Waals surface area contributed by atoms with Crippen LogP contribution >= 0.6 is 23.2 Å². The Morgan fingerprint density at radius 1 is 1.12 bits per heavy atom. The van der Waals surface area contributed by atoms with E-state index in [1.807, 2.05) is 0 Å². The summed E-state index contributed by atoms with van der Waals surface area (Å²) in [6.45, 7) is 3.89. The number of anilines is 1. The van der Waals surface area contributed by atoms with E-state index in [2.05, 4.69) is 17.2 Å². The van der Waals surface area contributed by atoms with Crippen LogP contribution in [0.4, 0.5) is 5.69 Å². The van der Waals surface area contributed by atoms with Crippen LogP contribution in [0.1, 0.15) is 15.9 Å². The summed E-state index contributed by atoms with van der Waals surface area (Å²) >= 11 is 11.9. The Bertz CT molecular complexity index is 832. The maximum absolute atomic E-state index is 12.1. The van der Waals surface area contributed by atoms with E-state index in [0.29, 0.717) is 33.4 Å². The summed E-state index contributed by atoms with van der Waals surface area (Å²) in [5, 5.41) is 6.33. The highest BCUT2D eigenvalue weighted by Crippen LogP contribution is 2.22. The Morgan fingerprint density at radius 3 is 2.60 bits per heavy atom. The Labute approximate surface area is 156 Å². The van der Waals surface area contributed by atoms with Crippen molar-refractivity contribution < 1.29 is 9.59 Å². The first-order valence-corrected chi connectivity index (χ1v) is 8.19. The van der Waals surface area contributed by atoms with Crippen LogP contribution in [0, 0.1) is 0 Å². The largest absolute Gasteiger partial charge is 0.349 e. The monoisotopic (exact) mass is 374 g/mol. The molecule has 6 heteroatoms. The molecule has 0 atom stereocenters. The number of halogens is 2. The molecule has 0 saturated heterocycles. The van der Waals surface area contributed by atoms with E-state index in [0.717, 1.165) is 0 Å². The predicted octanol–water partition coefficient (Wildman–Crippen LogP) is 4.56. The van der Waals surface area contributed by atoms with Crippen LogP contribution in [0.5, 0.6) is 0 Å². The molecule has 2 amide bonds. The number of rotatable bonds is 6. The number of hydrogen-bond donors (Lipinski definition) is 2. The average molecular weight is 375 g/mol. The SMILES string of the molecule is C=CCNC(=O)c1ccccc1NC(=O)/C=C/c1ccc(Cl)cc1Cl. The molecule has 0 heterocycles. The lowest BCUT2D eigenvalue weighted by Gasteiger charge is -2.09. The van der Waals surface area contributed by atoms with Crippen LogP contribution in [0.25, 0.3) is 6.08 Å². The molecule has 0 aliphatic rings. The summed E-state index contributed by atoms with van der Waals surface area (Å²) in [5.41, 5.74) is 1.45. The second-order valence-corrected chi connectivity index (χ2v) is 5.88. The predicted molar refractivity (Wildman–Crippen MR) is 103 cm³/mol. The van der Waals surface area contributed by atoms with E-state index in [9.17, 15) is 9.59 Å². The molecule has 2 N–H and O–H groups in total. The molecule has 2 rings (SSSR count). The summed E-state index contributed by atoms with van der Waals surface area (Å²) in [5.74, 6) is -0.671. The average Bonchev–Trinajstić information content (AvgIpc) is 2.59. The third kappa shape index (κ3) is 5.48. The van der Waals surface area contributed by atoms with Gasteiger partial charge in [0.1, 0.15) is 0 Å². The minimum atomic E-state index is -0.380.